The van der Waals surface area contributed by atoms with Crippen LogP contribution in [-0.4, -0.2) is 38.9 Å². The molecule has 0 bridgehead atoms. The number of esters is 1. The SMILES string of the molecule is CCOC(=O)CCN(C)S(=O)(=O)c1ccccc1N. The zero-order chi connectivity index (χ0) is 14.5. The zero-order valence-corrected chi connectivity index (χ0v) is 11.8. The molecule has 0 aromatic heterocycles. The molecular formula is C12H18N2O4S. The quantitative estimate of drug-likeness (QED) is 0.618. The van der Waals surface area contributed by atoms with Crippen LogP contribution in [0.1, 0.15) is 13.3 Å². The number of carbonyl (C=O) groups is 1. The van der Waals surface area contributed by atoms with Crippen molar-refractivity contribution in [1.82, 2.24) is 4.31 Å². The minimum absolute atomic E-state index is 0.0102. The molecule has 1 aromatic rings. The third kappa shape index (κ3) is 3.93. The van der Waals surface area contributed by atoms with Crippen molar-refractivity contribution in [3.8, 4) is 0 Å². The van der Waals surface area contributed by atoms with Crippen molar-refractivity contribution in [1.29, 1.82) is 0 Å². The van der Waals surface area contributed by atoms with Crippen molar-refractivity contribution in [2.75, 3.05) is 25.9 Å². The Hall–Kier alpha value is -1.60. The van der Waals surface area contributed by atoms with Gasteiger partial charge >= 0.3 is 5.97 Å². The normalized spacial score (nSPS) is 11.5. The first-order valence-corrected chi connectivity index (χ1v) is 7.30. The van der Waals surface area contributed by atoms with Gasteiger partial charge in [0.15, 0.2) is 0 Å². The lowest BCUT2D eigenvalue weighted by atomic mass is 10.3. The van der Waals surface area contributed by atoms with Crippen molar-refractivity contribution >= 4 is 21.7 Å². The van der Waals surface area contributed by atoms with Gasteiger partial charge in [0.05, 0.1) is 18.7 Å². The summed E-state index contributed by atoms with van der Waals surface area (Å²) >= 11 is 0. The molecule has 0 aliphatic carbocycles. The van der Waals surface area contributed by atoms with E-state index in [2.05, 4.69) is 0 Å². The number of sulfonamides is 1. The largest absolute Gasteiger partial charge is 0.466 e. The molecule has 7 heteroatoms. The van der Waals surface area contributed by atoms with Crippen molar-refractivity contribution in [2.24, 2.45) is 0 Å². The van der Waals surface area contributed by atoms with E-state index in [1.807, 2.05) is 0 Å². The highest BCUT2D eigenvalue weighted by Crippen LogP contribution is 2.20. The molecule has 0 atom stereocenters. The molecule has 0 spiro atoms. The Kier molecular flexibility index (Phi) is 5.31. The molecule has 0 unspecified atom stereocenters. The first-order chi connectivity index (χ1) is 8.89. The smallest absolute Gasteiger partial charge is 0.307 e. The van der Waals surface area contributed by atoms with Crippen LogP contribution in [0.3, 0.4) is 0 Å². The Balaban J connectivity index is 2.78. The Morgan fingerprint density at radius 2 is 2.00 bits per heavy atom. The van der Waals surface area contributed by atoms with Crippen molar-refractivity contribution in [3.05, 3.63) is 24.3 Å². The van der Waals surface area contributed by atoms with Gasteiger partial charge in [-0.2, -0.15) is 0 Å². The highest BCUT2D eigenvalue weighted by Gasteiger charge is 2.23. The van der Waals surface area contributed by atoms with E-state index in [1.165, 1.54) is 19.2 Å². The standard InChI is InChI=1S/C12H18N2O4S/c1-3-18-12(15)8-9-14(2)19(16,17)11-7-5-4-6-10(11)13/h4-7H,3,8-9,13H2,1-2H3. The Labute approximate surface area is 113 Å². The van der Waals surface area contributed by atoms with Crippen LogP contribution in [0.4, 0.5) is 5.69 Å². The average Bonchev–Trinajstić information content (AvgIpc) is 2.36. The van der Waals surface area contributed by atoms with E-state index in [-0.39, 0.29) is 30.2 Å². The third-order valence-electron chi connectivity index (χ3n) is 2.54. The van der Waals surface area contributed by atoms with Crippen LogP contribution < -0.4 is 5.73 Å². The van der Waals surface area contributed by atoms with Crippen LogP contribution in [0.2, 0.25) is 0 Å². The van der Waals surface area contributed by atoms with Gasteiger partial charge < -0.3 is 10.5 Å². The van der Waals surface area contributed by atoms with E-state index in [0.29, 0.717) is 0 Å². The van der Waals surface area contributed by atoms with E-state index in [0.717, 1.165) is 4.31 Å². The second-order valence-corrected chi connectivity index (χ2v) is 5.93. The zero-order valence-electron chi connectivity index (χ0n) is 11.0. The molecule has 19 heavy (non-hydrogen) atoms. The number of hydrogen-bond donors (Lipinski definition) is 1. The van der Waals surface area contributed by atoms with Gasteiger partial charge in [-0.3, -0.25) is 4.79 Å². The highest BCUT2D eigenvalue weighted by molar-refractivity contribution is 7.89. The van der Waals surface area contributed by atoms with Crippen LogP contribution in [-0.2, 0) is 19.6 Å². The van der Waals surface area contributed by atoms with Gasteiger partial charge in [-0.25, -0.2) is 12.7 Å². The Bertz CT molecular complexity index is 542. The summed E-state index contributed by atoms with van der Waals surface area (Å²) in [6.45, 7) is 2.03. The molecule has 0 aliphatic rings. The monoisotopic (exact) mass is 286 g/mol. The lowest BCUT2D eigenvalue weighted by Crippen LogP contribution is -2.30. The first kappa shape index (κ1) is 15.5. The Morgan fingerprint density at radius 1 is 1.37 bits per heavy atom. The van der Waals surface area contributed by atoms with Gasteiger partial charge in [0, 0.05) is 13.6 Å². The van der Waals surface area contributed by atoms with Gasteiger partial charge in [0.1, 0.15) is 4.90 Å². The van der Waals surface area contributed by atoms with Gasteiger partial charge in [-0.15, -0.1) is 0 Å². The van der Waals surface area contributed by atoms with Crippen molar-refractivity contribution < 1.29 is 17.9 Å². The minimum atomic E-state index is -3.68. The summed E-state index contributed by atoms with van der Waals surface area (Å²) in [5, 5.41) is 0. The molecule has 6 nitrogen and oxygen atoms in total. The molecule has 1 rings (SSSR count). The maximum Gasteiger partial charge on any atom is 0.307 e. The molecule has 106 valence electrons. The summed E-state index contributed by atoms with van der Waals surface area (Å²) in [6.07, 6.45) is 0.0102. The molecule has 0 aliphatic heterocycles. The molecule has 0 amide bonds. The average molecular weight is 286 g/mol. The number of nitrogen functional groups attached to an aromatic ring is 1. The molecule has 0 fully saturated rings. The van der Waals surface area contributed by atoms with Gasteiger partial charge in [0.25, 0.3) is 0 Å². The van der Waals surface area contributed by atoms with Gasteiger partial charge in [0.2, 0.25) is 10.0 Å². The third-order valence-corrected chi connectivity index (χ3v) is 4.47. The summed E-state index contributed by atoms with van der Waals surface area (Å²) in [5.41, 5.74) is 5.84. The second kappa shape index (κ2) is 6.53. The predicted octanol–water partition coefficient (Wildman–Crippen LogP) is 0.842. The van der Waals surface area contributed by atoms with Crippen LogP contribution in [0, 0.1) is 0 Å². The number of ether oxygens (including phenoxy) is 1. The van der Waals surface area contributed by atoms with E-state index >= 15 is 0 Å². The molecule has 0 heterocycles. The number of benzene rings is 1. The van der Waals surface area contributed by atoms with Gasteiger partial charge in [-0.05, 0) is 19.1 Å². The summed E-state index contributed by atoms with van der Waals surface area (Å²) in [6, 6.07) is 6.22. The second-order valence-electron chi connectivity index (χ2n) is 3.92. The lowest BCUT2D eigenvalue weighted by Gasteiger charge is -2.17. The number of carbonyl (C=O) groups excluding carboxylic acids is 1. The fourth-order valence-corrected chi connectivity index (χ4v) is 2.77. The molecule has 2 N–H and O–H groups in total. The summed E-state index contributed by atoms with van der Waals surface area (Å²) in [5.74, 6) is -0.425. The molecular weight excluding hydrogens is 268 g/mol. The summed E-state index contributed by atoms with van der Waals surface area (Å²) in [4.78, 5) is 11.3. The lowest BCUT2D eigenvalue weighted by molar-refractivity contribution is -0.143. The fourth-order valence-electron chi connectivity index (χ4n) is 1.49. The number of para-hydroxylation sites is 1. The number of rotatable bonds is 6. The first-order valence-electron chi connectivity index (χ1n) is 5.86. The number of nitrogens with two attached hydrogens (primary N) is 1. The van der Waals surface area contributed by atoms with E-state index in [4.69, 9.17) is 10.5 Å². The highest BCUT2D eigenvalue weighted by atomic mass is 32.2. The Morgan fingerprint density at radius 3 is 2.58 bits per heavy atom. The van der Waals surface area contributed by atoms with Gasteiger partial charge in [-0.1, -0.05) is 12.1 Å². The topological polar surface area (TPSA) is 89.7 Å². The van der Waals surface area contributed by atoms with Crippen molar-refractivity contribution in [2.45, 2.75) is 18.2 Å². The van der Waals surface area contributed by atoms with Crippen LogP contribution in [0.15, 0.2) is 29.2 Å². The van der Waals surface area contributed by atoms with E-state index < -0.39 is 16.0 Å². The maximum absolute atomic E-state index is 12.2. The number of hydrogen-bond acceptors (Lipinski definition) is 5. The maximum atomic E-state index is 12.2. The van der Waals surface area contributed by atoms with Crippen LogP contribution in [0.25, 0.3) is 0 Å². The predicted molar refractivity (Wildman–Crippen MR) is 71.9 cm³/mol. The molecule has 0 saturated carbocycles. The minimum Gasteiger partial charge on any atom is -0.466 e. The summed E-state index contributed by atoms with van der Waals surface area (Å²) < 4.78 is 30.3. The molecule has 0 saturated heterocycles. The molecule has 0 radical (unpaired) electrons. The number of anilines is 1. The molecule has 1 aromatic carbocycles. The summed E-state index contributed by atoms with van der Waals surface area (Å²) in [7, 11) is -2.28. The number of nitrogens with zero attached hydrogens (tertiary/aromatic N) is 1. The van der Waals surface area contributed by atoms with E-state index in [9.17, 15) is 13.2 Å². The van der Waals surface area contributed by atoms with Crippen molar-refractivity contribution in [3.63, 3.8) is 0 Å². The van der Waals surface area contributed by atoms with Crippen LogP contribution in [0.5, 0.6) is 0 Å². The fraction of sp³-hybridized carbons (Fsp3) is 0.417. The van der Waals surface area contributed by atoms with Crippen LogP contribution >= 0.6 is 0 Å². The van der Waals surface area contributed by atoms with E-state index in [1.54, 1.807) is 19.1 Å².